The van der Waals surface area contributed by atoms with Gasteiger partial charge in [-0.15, -0.1) is 0 Å². The van der Waals surface area contributed by atoms with Crippen molar-refractivity contribution >= 4 is 76.6 Å². The van der Waals surface area contributed by atoms with Crippen LogP contribution in [0.1, 0.15) is 55.2 Å². The van der Waals surface area contributed by atoms with Crippen molar-refractivity contribution in [3.63, 3.8) is 0 Å². The summed E-state index contributed by atoms with van der Waals surface area (Å²) in [4.78, 5) is 22.8. The van der Waals surface area contributed by atoms with E-state index in [0.29, 0.717) is 6.42 Å². The number of halogens is 6. The standard InChI is InChI=1S/C26H23F6NOS2.6CH3.2Sn/c27-25(28,29)24(26(30,31)32)34-14-6-4-2-1-3-5-7-17-8-10-18(11-9-17)33-21-19-12-15-35-22(19)23-20(21)13-16-36-23;;;;;;;;/h8-13,24H,1-7,14H2;6*1H3;;. The number of aliphatic imine (C=N–C) groups is 1. The zero-order valence-electron chi connectivity index (χ0n) is 26.1. The Morgan fingerprint density at radius 3 is 1.59 bits per heavy atom. The van der Waals surface area contributed by atoms with Crippen LogP contribution in [0.25, 0.3) is 9.75 Å². The van der Waals surface area contributed by atoms with Gasteiger partial charge >= 0.3 is 206 Å². The van der Waals surface area contributed by atoms with E-state index in [1.54, 1.807) is 5.79 Å². The van der Waals surface area contributed by atoms with E-state index in [0.717, 1.165) is 43.5 Å². The SMILES string of the molecule is [CH3][Sn]([CH3])([CH3])[c]1cc2c(s1)-c1s[c]([Sn]([CH3])([CH3])[CH3])cc1C2=Nc1ccc(CCCCCCCCOC(C(F)(F)F)C(F)(F)F)cc1. The number of hydrogen-bond donors (Lipinski definition) is 0. The molecule has 1 aromatic carbocycles. The minimum absolute atomic E-state index is 0.174. The molecule has 0 unspecified atom stereocenters. The molecule has 0 radical (unpaired) electrons. The second kappa shape index (κ2) is 14.3. The monoisotopic (exact) mass is 873 g/mol. The van der Waals surface area contributed by atoms with E-state index in [2.05, 4.69) is 70.8 Å². The Bertz CT molecular complexity index is 1370. The maximum absolute atomic E-state index is 12.5. The van der Waals surface area contributed by atoms with E-state index in [1.807, 2.05) is 22.7 Å². The van der Waals surface area contributed by atoms with Crippen molar-refractivity contribution in [1.82, 2.24) is 0 Å². The molecule has 0 bridgehead atoms. The van der Waals surface area contributed by atoms with Crippen LogP contribution in [0.2, 0.25) is 29.6 Å². The molecule has 4 rings (SSSR count). The molecule has 1 aliphatic rings. The first-order valence-electron chi connectivity index (χ1n) is 15.1. The van der Waals surface area contributed by atoms with Crippen LogP contribution in [0.4, 0.5) is 32.0 Å². The Labute approximate surface area is 273 Å². The molecule has 12 heteroatoms. The van der Waals surface area contributed by atoms with Crippen LogP contribution in [0.15, 0.2) is 41.4 Å². The van der Waals surface area contributed by atoms with Crippen LogP contribution in [-0.2, 0) is 11.2 Å². The molecule has 0 saturated carbocycles. The van der Waals surface area contributed by atoms with Crippen LogP contribution >= 0.6 is 22.7 Å². The van der Waals surface area contributed by atoms with Gasteiger partial charge in [0.25, 0.3) is 0 Å². The van der Waals surface area contributed by atoms with Gasteiger partial charge in [0, 0.05) is 6.61 Å². The molecule has 1 aliphatic carbocycles. The van der Waals surface area contributed by atoms with E-state index in [-0.39, 0.29) is 6.42 Å². The molecule has 44 heavy (non-hydrogen) atoms. The number of unbranched alkanes of at least 4 members (excludes halogenated alkanes) is 5. The van der Waals surface area contributed by atoms with Gasteiger partial charge < -0.3 is 4.74 Å². The summed E-state index contributed by atoms with van der Waals surface area (Å²) in [6.45, 7) is -0.553. The van der Waals surface area contributed by atoms with Gasteiger partial charge in [-0.3, -0.25) is 0 Å². The molecule has 0 amide bonds. The van der Waals surface area contributed by atoms with Crippen LogP contribution in [0, 0.1) is 0 Å². The Morgan fingerprint density at radius 1 is 0.682 bits per heavy atom. The van der Waals surface area contributed by atoms with Crippen LogP contribution in [-0.4, -0.2) is 67.5 Å². The summed E-state index contributed by atoms with van der Waals surface area (Å²) in [6, 6.07) is 13.3. The Hall–Kier alpha value is -0.573. The molecule has 0 fully saturated rings. The van der Waals surface area contributed by atoms with Crippen LogP contribution in [0.3, 0.4) is 0 Å². The molecule has 0 N–H and O–H groups in total. The first-order chi connectivity index (χ1) is 20.4. The Kier molecular flexibility index (Phi) is 11.8. The van der Waals surface area contributed by atoms with E-state index < -0.39 is 61.8 Å². The molecular weight excluding hydrogens is 830 g/mol. The third-order valence-corrected chi connectivity index (χ3v) is 28.9. The van der Waals surface area contributed by atoms with Crippen molar-refractivity contribution < 1.29 is 31.1 Å². The molecule has 3 aromatic rings. The van der Waals surface area contributed by atoms with Crippen LogP contribution < -0.4 is 5.79 Å². The third kappa shape index (κ3) is 9.28. The van der Waals surface area contributed by atoms with Crippen molar-refractivity contribution in [2.24, 2.45) is 4.99 Å². The fourth-order valence-electron chi connectivity index (χ4n) is 5.06. The fraction of sp³-hybridized carbons (Fsp3) is 0.531. The molecule has 0 atom stereocenters. The number of thiophene rings is 2. The van der Waals surface area contributed by atoms with Gasteiger partial charge in [0.05, 0.1) is 0 Å². The molecule has 2 aromatic heterocycles. The van der Waals surface area contributed by atoms with E-state index in [9.17, 15) is 26.3 Å². The number of nitrogens with zero attached hydrogens (tertiary/aromatic N) is 1. The Morgan fingerprint density at radius 2 is 1.14 bits per heavy atom. The van der Waals surface area contributed by atoms with Crippen molar-refractivity contribution in [3.8, 4) is 9.75 Å². The van der Waals surface area contributed by atoms with Gasteiger partial charge in [0.2, 0.25) is 6.10 Å². The maximum atomic E-state index is 12.5. The summed E-state index contributed by atoms with van der Waals surface area (Å²) >= 11 is -0.483. The second-order valence-electron chi connectivity index (χ2n) is 13.5. The summed E-state index contributed by atoms with van der Waals surface area (Å²) in [5.41, 5.74) is 5.87. The zero-order chi connectivity index (χ0) is 32.5. The number of fused-ring (bicyclic) bond motifs is 3. The second-order valence-corrected chi connectivity index (χ2v) is 46.5. The topological polar surface area (TPSA) is 21.6 Å². The van der Waals surface area contributed by atoms with Crippen molar-refractivity contribution in [2.75, 3.05) is 6.61 Å². The molecular formula is C32H41F6NOS2Sn2. The number of rotatable bonds is 13. The average Bonchev–Trinajstić information content (AvgIpc) is 3.57. The molecule has 2 nitrogen and oxygen atoms in total. The fourth-order valence-corrected chi connectivity index (χ4v) is 17.9. The molecule has 0 aliphatic heterocycles. The van der Waals surface area contributed by atoms with E-state index >= 15 is 0 Å². The van der Waals surface area contributed by atoms with Gasteiger partial charge in [-0.25, -0.2) is 0 Å². The van der Waals surface area contributed by atoms with Gasteiger partial charge in [0.1, 0.15) is 0 Å². The predicted octanol–water partition coefficient (Wildman–Crippen LogP) is 10.4. The summed E-state index contributed by atoms with van der Waals surface area (Å²) in [6.07, 6.45) is -9.44. The molecule has 242 valence electrons. The average molecular weight is 871 g/mol. The number of hydrogen-bond acceptors (Lipinski definition) is 4. The number of aryl methyl sites for hydroxylation is 1. The summed E-state index contributed by atoms with van der Waals surface area (Å²) in [5, 5.41) is 0. The first kappa shape index (κ1) is 36.3. The summed E-state index contributed by atoms with van der Waals surface area (Å²) in [5.74, 6) is 0. The van der Waals surface area contributed by atoms with Gasteiger partial charge in [-0.05, 0) is 6.42 Å². The first-order valence-corrected chi connectivity index (χ1v) is 36.7. The number of ether oxygens (including phenoxy) is 1. The molecule has 0 saturated heterocycles. The Balaban J connectivity index is 1.29. The third-order valence-electron chi connectivity index (χ3n) is 7.58. The minimum atomic E-state index is -5.45. The number of benzene rings is 1. The normalized spacial score (nSPS) is 14.0. The quantitative estimate of drug-likeness (QED) is 0.0745. The van der Waals surface area contributed by atoms with Crippen molar-refractivity contribution in [2.45, 2.75) is 93.0 Å². The van der Waals surface area contributed by atoms with E-state index in [4.69, 9.17) is 4.99 Å². The summed E-state index contributed by atoms with van der Waals surface area (Å²) in [7, 11) is 0. The summed E-state index contributed by atoms with van der Waals surface area (Å²) < 4.78 is 82.4. The van der Waals surface area contributed by atoms with Gasteiger partial charge in [-0.1, -0.05) is 19.3 Å². The van der Waals surface area contributed by atoms with Crippen molar-refractivity contribution in [1.29, 1.82) is 0 Å². The van der Waals surface area contributed by atoms with Crippen molar-refractivity contribution in [3.05, 3.63) is 53.1 Å². The zero-order valence-corrected chi connectivity index (χ0v) is 33.5. The van der Waals surface area contributed by atoms with E-state index in [1.165, 1.54) is 26.4 Å². The van der Waals surface area contributed by atoms with Crippen LogP contribution in [0.5, 0.6) is 0 Å². The predicted molar refractivity (Wildman–Crippen MR) is 179 cm³/mol. The molecule has 2 heterocycles. The molecule has 0 spiro atoms. The van der Waals surface area contributed by atoms with Gasteiger partial charge in [-0.2, -0.15) is 26.3 Å². The number of alkyl halides is 6. The van der Waals surface area contributed by atoms with Gasteiger partial charge in [0.15, 0.2) is 0 Å².